The molecule has 118 valence electrons. The lowest BCUT2D eigenvalue weighted by Crippen LogP contribution is -1.91. The second-order valence-corrected chi connectivity index (χ2v) is 5.28. The van der Waals surface area contributed by atoms with Gasteiger partial charge in [-0.25, -0.2) is 23.1 Å². The first-order valence-electron chi connectivity index (χ1n) is 7.17. The van der Waals surface area contributed by atoms with Gasteiger partial charge in [-0.2, -0.15) is 0 Å². The first kappa shape index (κ1) is 14.4. The number of hydrogen-bond donors (Lipinski definition) is 1. The highest BCUT2D eigenvalue weighted by molar-refractivity contribution is 5.94. The molecule has 0 amide bonds. The van der Waals surface area contributed by atoms with Gasteiger partial charge in [0.1, 0.15) is 17.5 Å². The maximum Gasteiger partial charge on any atom is 0.161 e. The summed E-state index contributed by atoms with van der Waals surface area (Å²) in [6, 6.07) is 9.64. The van der Waals surface area contributed by atoms with Crippen molar-refractivity contribution in [1.29, 1.82) is 0 Å². The highest BCUT2D eigenvalue weighted by atomic mass is 19.1. The van der Waals surface area contributed by atoms with Gasteiger partial charge in [-0.15, -0.1) is 0 Å². The zero-order chi connectivity index (χ0) is 16.7. The van der Waals surface area contributed by atoms with Crippen LogP contribution in [-0.4, -0.2) is 15.0 Å². The van der Waals surface area contributed by atoms with Crippen LogP contribution in [0.5, 0.6) is 0 Å². The van der Waals surface area contributed by atoms with E-state index >= 15 is 0 Å². The van der Waals surface area contributed by atoms with Crippen LogP contribution >= 0.6 is 0 Å². The zero-order valence-electron chi connectivity index (χ0n) is 12.2. The maximum absolute atomic E-state index is 13.8. The van der Waals surface area contributed by atoms with Crippen molar-refractivity contribution < 1.29 is 13.2 Å². The smallest absolute Gasteiger partial charge is 0.161 e. The SMILES string of the molecule is Fc1ccc(-c2ccnc(-c3c[nH]c4c(F)cc(F)cc34)n2)cc1. The van der Waals surface area contributed by atoms with Gasteiger partial charge in [0, 0.05) is 35.0 Å². The first-order chi connectivity index (χ1) is 11.6. The summed E-state index contributed by atoms with van der Waals surface area (Å²) in [5.41, 5.74) is 2.00. The summed E-state index contributed by atoms with van der Waals surface area (Å²) in [5, 5.41) is 0.365. The van der Waals surface area contributed by atoms with Gasteiger partial charge in [0.25, 0.3) is 0 Å². The molecular weight excluding hydrogens is 315 g/mol. The van der Waals surface area contributed by atoms with Crippen LogP contribution in [0.15, 0.2) is 54.9 Å². The van der Waals surface area contributed by atoms with Gasteiger partial charge in [0.05, 0.1) is 11.2 Å². The van der Waals surface area contributed by atoms with Crippen molar-refractivity contribution >= 4 is 10.9 Å². The first-order valence-corrected chi connectivity index (χ1v) is 7.17. The number of nitrogens with one attached hydrogen (secondary N) is 1. The van der Waals surface area contributed by atoms with E-state index in [0.717, 1.165) is 11.6 Å². The summed E-state index contributed by atoms with van der Waals surface area (Å²) in [7, 11) is 0. The molecule has 0 saturated heterocycles. The van der Waals surface area contributed by atoms with E-state index in [9.17, 15) is 13.2 Å². The van der Waals surface area contributed by atoms with Crippen LogP contribution in [-0.2, 0) is 0 Å². The molecule has 2 heterocycles. The Hall–Kier alpha value is -3.15. The highest BCUT2D eigenvalue weighted by Gasteiger charge is 2.14. The Balaban J connectivity index is 1.86. The fourth-order valence-electron chi connectivity index (χ4n) is 2.61. The third-order valence-corrected chi connectivity index (χ3v) is 3.74. The molecular formula is C18H10F3N3. The molecule has 0 fully saturated rings. The van der Waals surface area contributed by atoms with E-state index in [2.05, 4.69) is 15.0 Å². The molecule has 3 nitrogen and oxygen atoms in total. The van der Waals surface area contributed by atoms with E-state index in [4.69, 9.17) is 0 Å². The number of fused-ring (bicyclic) bond motifs is 1. The Labute approximate surface area is 134 Å². The maximum atomic E-state index is 13.8. The number of benzene rings is 2. The van der Waals surface area contributed by atoms with Crippen molar-refractivity contribution in [2.75, 3.05) is 0 Å². The molecule has 0 radical (unpaired) electrons. The topological polar surface area (TPSA) is 41.6 Å². The molecule has 4 rings (SSSR count). The predicted octanol–water partition coefficient (Wildman–Crippen LogP) is 4.71. The average Bonchev–Trinajstić information content (AvgIpc) is 3.00. The lowest BCUT2D eigenvalue weighted by atomic mass is 10.1. The Bertz CT molecular complexity index is 1040. The van der Waals surface area contributed by atoms with Gasteiger partial charge in [0.15, 0.2) is 5.82 Å². The van der Waals surface area contributed by atoms with Crippen LogP contribution in [0.4, 0.5) is 13.2 Å². The van der Waals surface area contributed by atoms with Crippen LogP contribution in [0.1, 0.15) is 0 Å². The van der Waals surface area contributed by atoms with Gasteiger partial charge in [0.2, 0.25) is 0 Å². The van der Waals surface area contributed by atoms with Crippen LogP contribution < -0.4 is 0 Å². The molecule has 1 N–H and O–H groups in total. The van der Waals surface area contributed by atoms with Crippen molar-refractivity contribution in [3.8, 4) is 22.6 Å². The van der Waals surface area contributed by atoms with E-state index in [1.165, 1.54) is 24.4 Å². The standard InChI is InChI=1S/C18H10F3N3/c19-11-3-1-10(2-4-11)16-5-6-22-18(24-16)14-9-23-17-13(14)7-12(20)8-15(17)21/h1-9,23H. The normalized spacial score (nSPS) is 11.1. The van der Waals surface area contributed by atoms with E-state index in [-0.39, 0.29) is 11.3 Å². The molecule has 0 bridgehead atoms. The lowest BCUT2D eigenvalue weighted by Gasteiger charge is -2.04. The summed E-state index contributed by atoms with van der Waals surface area (Å²) in [5.74, 6) is -1.36. The highest BCUT2D eigenvalue weighted by Crippen LogP contribution is 2.29. The third kappa shape index (κ3) is 2.42. The van der Waals surface area contributed by atoms with Crippen molar-refractivity contribution in [3.05, 3.63) is 72.3 Å². The summed E-state index contributed by atoms with van der Waals surface area (Å²) in [4.78, 5) is 11.4. The molecule has 2 aromatic carbocycles. The van der Waals surface area contributed by atoms with Crippen LogP contribution in [0.3, 0.4) is 0 Å². The number of aromatic amines is 1. The Morgan fingerprint density at radius 1 is 0.875 bits per heavy atom. The van der Waals surface area contributed by atoms with Gasteiger partial charge in [-0.1, -0.05) is 0 Å². The number of halogens is 3. The molecule has 24 heavy (non-hydrogen) atoms. The molecule has 0 aliphatic rings. The minimum atomic E-state index is -0.675. The molecule has 0 atom stereocenters. The molecule has 2 aromatic heterocycles. The average molecular weight is 325 g/mol. The Morgan fingerprint density at radius 3 is 2.46 bits per heavy atom. The summed E-state index contributed by atoms with van der Waals surface area (Å²) in [6.45, 7) is 0. The number of H-pyrrole nitrogens is 1. The fourth-order valence-corrected chi connectivity index (χ4v) is 2.61. The van der Waals surface area contributed by atoms with Crippen molar-refractivity contribution in [3.63, 3.8) is 0 Å². The minimum absolute atomic E-state index is 0.196. The Kier molecular flexibility index (Phi) is 3.30. The minimum Gasteiger partial charge on any atom is -0.358 e. The quantitative estimate of drug-likeness (QED) is 0.580. The van der Waals surface area contributed by atoms with Gasteiger partial charge in [-0.3, -0.25) is 0 Å². The number of hydrogen-bond acceptors (Lipinski definition) is 2. The van der Waals surface area contributed by atoms with Gasteiger partial charge < -0.3 is 4.98 Å². The van der Waals surface area contributed by atoms with Crippen LogP contribution in [0, 0.1) is 17.5 Å². The number of rotatable bonds is 2. The van der Waals surface area contributed by atoms with Gasteiger partial charge in [-0.05, 0) is 36.4 Å². The van der Waals surface area contributed by atoms with E-state index in [0.29, 0.717) is 22.5 Å². The monoisotopic (exact) mass is 325 g/mol. The summed E-state index contributed by atoms with van der Waals surface area (Å²) < 4.78 is 40.4. The van der Waals surface area contributed by atoms with Gasteiger partial charge >= 0.3 is 0 Å². The largest absolute Gasteiger partial charge is 0.358 e. The van der Waals surface area contributed by atoms with Crippen LogP contribution in [0.2, 0.25) is 0 Å². The molecule has 0 unspecified atom stereocenters. The van der Waals surface area contributed by atoms with E-state index in [1.54, 1.807) is 24.4 Å². The number of aromatic nitrogens is 3. The summed E-state index contributed by atoms with van der Waals surface area (Å²) >= 11 is 0. The van der Waals surface area contributed by atoms with E-state index < -0.39 is 11.6 Å². The Morgan fingerprint density at radius 2 is 1.67 bits per heavy atom. The van der Waals surface area contributed by atoms with E-state index in [1.807, 2.05) is 0 Å². The van der Waals surface area contributed by atoms with Crippen molar-refractivity contribution in [1.82, 2.24) is 15.0 Å². The second-order valence-electron chi connectivity index (χ2n) is 5.28. The molecule has 0 aliphatic heterocycles. The van der Waals surface area contributed by atoms with Crippen molar-refractivity contribution in [2.24, 2.45) is 0 Å². The zero-order valence-corrected chi connectivity index (χ0v) is 12.2. The third-order valence-electron chi connectivity index (χ3n) is 3.74. The fraction of sp³-hybridized carbons (Fsp3) is 0. The molecule has 0 aliphatic carbocycles. The molecule has 0 spiro atoms. The summed E-state index contributed by atoms with van der Waals surface area (Å²) in [6.07, 6.45) is 3.09. The molecule has 0 saturated carbocycles. The molecule has 6 heteroatoms. The predicted molar refractivity (Wildman–Crippen MR) is 84.6 cm³/mol. The molecule has 4 aromatic rings. The number of nitrogens with zero attached hydrogens (tertiary/aromatic N) is 2. The van der Waals surface area contributed by atoms with Crippen LogP contribution in [0.25, 0.3) is 33.5 Å². The van der Waals surface area contributed by atoms with Crippen molar-refractivity contribution in [2.45, 2.75) is 0 Å². The second kappa shape index (κ2) is 5.49. The lowest BCUT2D eigenvalue weighted by molar-refractivity contribution is 0.591.